The number of imidazole rings is 1. The predicted octanol–water partition coefficient (Wildman–Crippen LogP) is 3.70. The summed E-state index contributed by atoms with van der Waals surface area (Å²) in [7, 11) is 0. The topological polar surface area (TPSA) is 152 Å². The number of pyridine rings is 1. The molecule has 0 radical (unpaired) electrons. The number of benzene rings is 2. The van der Waals surface area contributed by atoms with Crippen molar-refractivity contribution in [3.05, 3.63) is 80.2 Å². The lowest BCUT2D eigenvalue weighted by Gasteiger charge is -2.35. The minimum Gasteiger partial charge on any atom is -0.491 e. The molecule has 4 heterocycles. The molecule has 6 rings (SSSR count). The lowest BCUT2D eigenvalue weighted by molar-refractivity contribution is 0.0499. The molecule has 0 aliphatic carbocycles. The number of nitrogens with zero attached hydrogens (tertiary/aromatic N) is 3. The number of amides is 2. The lowest BCUT2D eigenvalue weighted by atomic mass is 10.0. The number of aryl methyl sites for hydroxylation is 1. The summed E-state index contributed by atoms with van der Waals surface area (Å²) < 4.78 is 5.78. The van der Waals surface area contributed by atoms with Crippen LogP contribution in [0.5, 0.6) is 5.75 Å². The highest BCUT2D eigenvalue weighted by Crippen LogP contribution is 2.32. The summed E-state index contributed by atoms with van der Waals surface area (Å²) >= 11 is 6.16. The number of hydrogen-bond donors (Lipinski definition) is 4. The van der Waals surface area contributed by atoms with Gasteiger partial charge < -0.3 is 29.8 Å². The fourth-order valence-corrected chi connectivity index (χ4v) is 6.40. The minimum atomic E-state index is -0.790. The molecule has 1 fully saturated rings. The van der Waals surface area contributed by atoms with Crippen LogP contribution in [-0.2, 0) is 6.42 Å². The highest BCUT2D eigenvalue weighted by molar-refractivity contribution is 6.31. The molecular weight excluding hydrogens is 598 g/mol. The van der Waals surface area contributed by atoms with Gasteiger partial charge in [-0.2, -0.15) is 0 Å². The number of fused-ring (bicyclic) bond motifs is 2. The van der Waals surface area contributed by atoms with Gasteiger partial charge in [-0.3, -0.25) is 19.3 Å². The number of ether oxygens (including phenoxy) is 1. The van der Waals surface area contributed by atoms with Crippen LogP contribution in [0.4, 0.5) is 0 Å². The van der Waals surface area contributed by atoms with E-state index in [4.69, 9.17) is 21.4 Å². The van der Waals surface area contributed by atoms with Crippen molar-refractivity contribution in [1.82, 2.24) is 24.8 Å². The molecule has 12 heteroatoms. The van der Waals surface area contributed by atoms with Crippen molar-refractivity contribution < 1.29 is 24.5 Å². The van der Waals surface area contributed by atoms with Gasteiger partial charge in [-0.25, -0.2) is 4.98 Å². The normalized spacial score (nSPS) is 16.5. The van der Waals surface area contributed by atoms with Crippen molar-refractivity contribution in [3.63, 3.8) is 0 Å². The monoisotopic (exact) mass is 633 g/mol. The Bertz CT molecular complexity index is 1740. The zero-order valence-corrected chi connectivity index (χ0v) is 25.8. The van der Waals surface area contributed by atoms with E-state index in [1.807, 2.05) is 6.92 Å². The van der Waals surface area contributed by atoms with Crippen LogP contribution in [0.1, 0.15) is 57.5 Å². The van der Waals surface area contributed by atoms with Crippen molar-refractivity contribution in [3.8, 4) is 17.1 Å². The van der Waals surface area contributed by atoms with Crippen LogP contribution in [0.25, 0.3) is 22.4 Å². The Hall–Kier alpha value is -4.03. The van der Waals surface area contributed by atoms with Crippen LogP contribution >= 0.6 is 11.6 Å². The van der Waals surface area contributed by atoms with E-state index in [-0.39, 0.29) is 36.6 Å². The average Bonchev–Trinajstić information content (AvgIpc) is 3.55. The van der Waals surface area contributed by atoms with E-state index in [1.165, 1.54) is 4.90 Å². The largest absolute Gasteiger partial charge is 0.491 e. The molecule has 1 atom stereocenters. The number of carbonyl (C=O) groups is 2. The Morgan fingerprint density at radius 1 is 1.11 bits per heavy atom. The first-order valence-corrected chi connectivity index (χ1v) is 15.6. The first-order valence-electron chi connectivity index (χ1n) is 15.3. The number of carbonyl (C=O) groups excluding carboxylic acids is 2. The van der Waals surface area contributed by atoms with E-state index in [0.717, 1.165) is 25.2 Å². The molecule has 2 aromatic heterocycles. The summed E-state index contributed by atoms with van der Waals surface area (Å²) in [5, 5.41) is 20.3. The maximum Gasteiger partial charge on any atom is 0.261 e. The number of imide groups is 1. The SMILES string of the molecule is Cc1c(Cl)cccc1OC[C@H](O)CCc1cc[nH]c(=O)c1-c1nc2cc3c(cc2[nH]1)C(=O)N(C1CCN(CCCO)CC1)C3=O. The number of rotatable bonds is 11. The Morgan fingerprint density at radius 2 is 1.87 bits per heavy atom. The Morgan fingerprint density at radius 3 is 2.62 bits per heavy atom. The molecule has 0 spiro atoms. The van der Waals surface area contributed by atoms with Crippen molar-refractivity contribution in [2.75, 3.05) is 32.8 Å². The third-order valence-corrected chi connectivity index (χ3v) is 9.16. The van der Waals surface area contributed by atoms with Crippen LogP contribution < -0.4 is 10.3 Å². The maximum atomic E-state index is 13.4. The summed E-state index contributed by atoms with van der Waals surface area (Å²) in [6.07, 6.45) is 3.58. The summed E-state index contributed by atoms with van der Waals surface area (Å²) in [5.74, 6) is 0.284. The van der Waals surface area contributed by atoms with Gasteiger partial charge in [-0.05, 0) is 74.9 Å². The van der Waals surface area contributed by atoms with Gasteiger partial charge in [0.05, 0.1) is 33.8 Å². The molecule has 2 aliphatic rings. The van der Waals surface area contributed by atoms with Gasteiger partial charge in [0.15, 0.2) is 0 Å². The zero-order chi connectivity index (χ0) is 31.7. The predicted molar refractivity (Wildman–Crippen MR) is 170 cm³/mol. The van der Waals surface area contributed by atoms with Crippen molar-refractivity contribution in [2.45, 2.75) is 51.2 Å². The maximum absolute atomic E-state index is 13.4. The molecule has 4 N–H and O–H groups in total. The fraction of sp³-hybridized carbons (Fsp3) is 0.394. The number of piperidine rings is 1. The first-order chi connectivity index (χ1) is 21.7. The van der Waals surface area contributed by atoms with Crippen molar-refractivity contribution >= 4 is 34.4 Å². The summed E-state index contributed by atoms with van der Waals surface area (Å²) in [6, 6.07) is 10.2. The number of likely N-dealkylation sites (tertiary alicyclic amines) is 1. The number of aromatic nitrogens is 3. The number of aliphatic hydroxyl groups is 2. The molecule has 236 valence electrons. The fourth-order valence-electron chi connectivity index (χ4n) is 6.23. The molecule has 2 aliphatic heterocycles. The second kappa shape index (κ2) is 13.1. The molecule has 11 nitrogen and oxygen atoms in total. The molecule has 1 saturated heterocycles. The van der Waals surface area contributed by atoms with Gasteiger partial charge in [-0.1, -0.05) is 17.7 Å². The molecule has 2 aromatic carbocycles. The Balaban J connectivity index is 1.17. The highest BCUT2D eigenvalue weighted by atomic mass is 35.5. The second-order valence-electron chi connectivity index (χ2n) is 11.7. The van der Waals surface area contributed by atoms with Gasteiger partial charge in [-0.15, -0.1) is 0 Å². The number of aliphatic hydroxyl groups excluding tert-OH is 2. The van der Waals surface area contributed by atoms with E-state index in [9.17, 15) is 19.5 Å². The zero-order valence-electron chi connectivity index (χ0n) is 25.0. The first kappa shape index (κ1) is 31.0. The molecule has 0 unspecified atom stereocenters. The third-order valence-electron chi connectivity index (χ3n) is 8.75. The molecule has 45 heavy (non-hydrogen) atoms. The van der Waals surface area contributed by atoms with E-state index in [2.05, 4.69) is 19.9 Å². The van der Waals surface area contributed by atoms with Crippen LogP contribution in [0, 0.1) is 6.92 Å². The lowest BCUT2D eigenvalue weighted by Crippen LogP contribution is -2.47. The Labute approximate surface area is 264 Å². The third kappa shape index (κ3) is 6.26. The van der Waals surface area contributed by atoms with E-state index in [0.29, 0.717) is 82.0 Å². The molecular formula is C33H36ClN5O6. The van der Waals surface area contributed by atoms with E-state index >= 15 is 0 Å². The van der Waals surface area contributed by atoms with Crippen molar-refractivity contribution in [1.29, 1.82) is 0 Å². The van der Waals surface area contributed by atoms with Gasteiger partial charge in [0.2, 0.25) is 0 Å². The van der Waals surface area contributed by atoms with Gasteiger partial charge in [0, 0.05) is 49.1 Å². The number of H-pyrrole nitrogens is 2. The van der Waals surface area contributed by atoms with Crippen LogP contribution in [0.2, 0.25) is 5.02 Å². The van der Waals surface area contributed by atoms with Crippen LogP contribution in [-0.4, -0.2) is 91.8 Å². The van der Waals surface area contributed by atoms with Gasteiger partial charge in [0.1, 0.15) is 18.2 Å². The van der Waals surface area contributed by atoms with Gasteiger partial charge >= 0.3 is 0 Å². The number of hydrogen-bond acceptors (Lipinski definition) is 8. The molecule has 2 amide bonds. The van der Waals surface area contributed by atoms with Crippen LogP contribution in [0.15, 0.2) is 47.4 Å². The van der Waals surface area contributed by atoms with Crippen molar-refractivity contribution in [2.24, 2.45) is 0 Å². The minimum absolute atomic E-state index is 0.0673. The summed E-state index contributed by atoms with van der Waals surface area (Å²) in [5.41, 5.74) is 3.13. The number of aromatic amines is 2. The average molecular weight is 634 g/mol. The number of halogens is 1. The summed E-state index contributed by atoms with van der Waals surface area (Å²) in [6.45, 7) is 4.40. The molecule has 0 saturated carbocycles. The van der Waals surface area contributed by atoms with Gasteiger partial charge in [0.25, 0.3) is 17.4 Å². The number of nitrogens with one attached hydrogen (secondary N) is 2. The molecule has 0 bridgehead atoms. The van der Waals surface area contributed by atoms with Crippen LogP contribution in [0.3, 0.4) is 0 Å². The molecule has 4 aromatic rings. The van der Waals surface area contributed by atoms with E-state index < -0.39 is 6.10 Å². The quantitative estimate of drug-likeness (QED) is 0.183. The standard InChI is InChI=1S/C33H36ClN5O6/c1-19-25(34)4-2-5-28(19)45-18-22(41)7-6-20-8-11-35-31(42)29(20)30-36-26-16-23-24(17-27(26)37-30)33(44)39(32(23)43)21-9-13-38(14-10-21)12-3-15-40/h2,4-5,8,11,16-17,21-22,40-41H,3,6-7,9-10,12-15,18H2,1H3,(H,35,42)(H,36,37)/t22-/m1/s1. The Kier molecular flexibility index (Phi) is 9.04. The second-order valence-corrected chi connectivity index (χ2v) is 12.1. The smallest absolute Gasteiger partial charge is 0.261 e. The van der Waals surface area contributed by atoms with E-state index in [1.54, 1.807) is 42.6 Å². The highest BCUT2D eigenvalue weighted by Gasteiger charge is 2.41. The summed E-state index contributed by atoms with van der Waals surface area (Å²) in [4.78, 5) is 54.1.